The van der Waals surface area contributed by atoms with Gasteiger partial charge in [0.05, 0.1) is 13.2 Å². The highest BCUT2D eigenvalue weighted by Crippen LogP contribution is 2.37. The van der Waals surface area contributed by atoms with Gasteiger partial charge in [-0.15, -0.1) is 11.6 Å². The molecule has 90 valence electrons. The second-order valence-corrected chi connectivity index (χ2v) is 5.01. The summed E-state index contributed by atoms with van der Waals surface area (Å²) in [6, 6.07) is 6.19. The van der Waals surface area contributed by atoms with E-state index < -0.39 is 0 Å². The molecule has 1 aromatic carbocycles. The standard InChI is InChI=1S/C13H14ClNO2/c1-9-15-11-3-2-10(6-12(11)17-9)13(4-5-14)7-16-8-13/h2-3,6H,4-5,7-8H2,1H3. The quantitative estimate of drug-likeness (QED) is 0.787. The molecule has 2 heterocycles. The molecular weight excluding hydrogens is 238 g/mol. The minimum Gasteiger partial charge on any atom is -0.441 e. The van der Waals surface area contributed by atoms with Crippen molar-refractivity contribution in [3.8, 4) is 0 Å². The van der Waals surface area contributed by atoms with Crippen LogP contribution in [-0.4, -0.2) is 24.1 Å². The maximum absolute atomic E-state index is 5.88. The average Bonchev–Trinajstić information content (AvgIpc) is 2.62. The van der Waals surface area contributed by atoms with Gasteiger partial charge >= 0.3 is 0 Å². The highest BCUT2D eigenvalue weighted by molar-refractivity contribution is 6.17. The Morgan fingerprint density at radius 1 is 1.41 bits per heavy atom. The zero-order chi connectivity index (χ0) is 11.9. The highest BCUT2D eigenvalue weighted by atomic mass is 35.5. The molecular formula is C13H14ClNO2. The van der Waals surface area contributed by atoms with Crippen LogP contribution in [0.4, 0.5) is 0 Å². The lowest BCUT2D eigenvalue weighted by Gasteiger charge is -2.41. The maximum atomic E-state index is 5.88. The third-order valence-corrected chi connectivity index (χ3v) is 3.63. The molecule has 0 atom stereocenters. The number of hydrogen-bond donors (Lipinski definition) is 0. The van der Waals surface area contributed by atoms with E-state index in [9.17, 15) is 0 Å². The van der Waals surface area contributed by atoms with Gasteiger partial charge in [0.25, 0.3) is 0 Å². The van der Waals surface area contributed by atoms with Crippen molar-refractivity contribution in [2.24, 2.45) is 0 Å². The summed E-state index contributed by atoms with van der Waals surface area (Å²) in [5, 5.41) is 0. The minimum absolute atomic E-state index is 0.0800. The Hall–Kier alpha value is -1.06. The van der Waals surface area contributed by atoms with Crippen molar-refractivity contribution in [3.63, 3.8) is 0 Å². The van der Waals surface area contributed by atoms with Gasteiger partial charge in [-0.05, 0) is 24.1 Å². The van der Waals surface area contributed by atoms with E-state index in [1.807, 2.05) is 13.0 Å². The summed E-state index contributed by atoms with van der Waals surface area (Å²) in [5.41, 5.74) is 3.08. The zero-order valence-corrected chi connectivity index (χ0v) is 10.5. The highest BCUT2D eigenvalue weighted by Gasteiger charge is 2.39. The van der Waals surface area contributed by atoms with E-state index in [2.05, 4.69) is 17.1 Å². The molecule has 0 spiro atoms. The number of aryl methyl sites for hydroxylation is 1. The minimum atomic E-state index is 0.0800. The van der Waals surface area contributed by atoms with Crippen LogP contribution in [0.5, 0.6) is 0 Å². The second-order valence-electron chi connectivity index (χ2n) is 4.63. The Kier molecular flexibility index (Phi) is 2.60. The number of halogens is 1. The zero-order valence-electron chi connectivity index (χ0n) is 9.70. The van der Waals surface area contributed by atoms with E-state index in [1.165, 1.54) is 5.56 Å². The Morgan fingerprint density at radius 2 is 2.24 bits per heavy atom. The lowest BCUT2D eigenvalue weighted by Crippen LogP contribution is -2.47. The first-order valence-corrected chi connectivity index (χ1v) is 6.28. The molecule has 1 aliphatic heterocycles. The SMILES string of the molecule is Cc1nc2ccc(C3(CCCl)COC3)cc2o1. The van der Waals surface area contributed by atoms with Crippen molar-refractivity contribution < 1.29 is 9.15 Å². The molecule has 4 heteroatoms. The first-order chi connectivity index (χ1) is 8.23. The van der Waals surface area contributed by atoms with Crippen molar-refractivity contribution in [2.45, 2.75) is 18.8 Å². The number of alkyl halides is 1. The van der Waals surface area contributed by atoms with E-state index in [0.717, 1.165) is 30.7 Å². The van der Waals surface area contributed by atoms with Gasteiger partial charge < -0.3 is 9.15 Å². The van der Waals surface area contributed by atoms with Gasteiger partial charge in [-0.25, -0.2) is 4.98 Å². The van der Waals surface area contributed by atoms with Crippen molar-refractivity contribution in [1.29, 1.82) is 0 Å². The van der Waals surface area contributed by atoms with E-state index in [-0.39, 0.29) is 5.41 Å². The van der Waals surface area contributed by atoms with Crippen molar-refractivity contribution in [3.05, 3.63) is 29.7 Å². The number of hydrogen-bond acceptors (Lipinski definition) is 3. The number of oxazole rings is 1. The lowest BCUT2D eigenvalue weighted by molar-refractivity contribution is -0.0615. The molecule has 0 amide bonds. The summed E-state index contributed by atoms with van der Waals surface area (Å²) >= 11 is 5.88. The number of aromatic nitrogens is 1. The largest absolute Gasteiger partial charge is 0.441 e. The number of benzene rings is 1. The predicted molar refractivity (Wildman–Crippen MR) is 66.6 cm³/mol. The topological polar surface area (TPSA) is 35.3 Å². The van der Waals surface area contributed by atoms with Gasteiger partial charge in [0.2, 0.25) is 0 Å². The van der Waals surface area contributed by atoms with Crippen LogP contribution >= 0.6 is 11.6 Å². The monoisotopic (exact) mass is 251 g/mol. The number of ether oxygens (including phenoxy) is 1. The van der Waals surface area contributed by atoms with Crippen molar-refractivity contribution in [1.82, 2.24) is 4.98 Å². The van der Waals surface area contributed by atoms with Crippen molar-refractivity contribution in [2.75, 3.05) is 19.1 Å². The summed E-state index contributed by atoms with van der Waals surface area (Å²) in [5.74, 6) is 1.35. The summed E-state index contributed by atoms with van der Waals surface area (Å²) in [6.45, 7) is 3.36. The van der Waals surface area contributed by atoms with Crippen LogP contribution in [0.1, 0.15) is 17.9 Å². The first kappa shape index (κ1) is 11.1. The molecule has 17 heavy (non-hydrogen) atoms. The fourth-order valence-corrected chi connectivity index (χ4v) is 2.72. The van der Waals surface area contributed by atoms with Gasteiger partial charge in [-0.2, -0.15) is 0 Å². The molecule has 0 unspecified atom stereocenters. The van der Waals surface area contributed by atoms with E-state index >= 15 is 0 Å². The Morgan fingerprint density at radius 3 is 2.88 bits per heavy atom. The maximum Gasteiger partial charge on any atom is 0.192 e. The van der Waals surface area contributed by atoms with Crippen LogP contribution in [0, 0.1) is 6.92 Å². The number of rotatable bonds is 3. The summed E-state index contributed by atoms with van der Waals surface area (Å²) in [4.78, 5) is 4.30. The number of fused-ring (bicyclic) bond motifs is 1. The van der Waals surface area contributed by atoms with Crippen LogP contribution in [0.25, 0.3) is 11.1 Å². The van der Waals surface area contributed by atoms with Gasteiger partial charge in [0, 0.05) is 18.2 Å². The Balaban J connectivity index is 2.04. The fourth-order valence-electron chi connectivity index (χ4n) is 2.35. The van der Waals surface area contributed by atoms with E-state index in [1.54, 1.807) is 0 Å². The van der Waals surface area contributed by atoms with Gasteiger partial charge in [-0.3, -0.25) is 0 Å². The van der Waals surface area contributed by atoms with Crippen LogP contribution < -0.4 is 0 Å². The van der Waals surface area contributed by atoms with Gasteiger partial charge in [0.1, 0.15) is 5.52 Å². The molecule has 1 saturated heterocycles. The normalized spacial score (nSPS) is 18.2. The Bertz CT molecular complexity index is 545. The molecule has 0 aliphatic carbocycles. The summed E-state index contributed by atoms with van der Waals surface area (Å²) in [6.07, 6.45) is 0.938. The molecule has 0 radical (unpaired) electrons. The van der Waals surface area contributed by atoms with E-state index in [0.29, 0.717) is 11.8 Å². The van der Waals surface area contributed by atoms with Crippen LogP contribution in [0.3, 0.4) is 0 Å². The van der Waals surface area contributed by atoms with Crippen LogP contribution in [0.2, 0.25) is 0 Å². The molecule has 1 fully saturated rings. The molecule has 1 aliphatic rings. The molecule has 0 N–H and O–H groups in total. The molecule has 0 saturated carbocycles. The summed E-state index contributed by atoms with van der Waals surface area (Å²) < 4.78 is 10.9. The molecule has 0 bridgehead atoms. The van der Waals surface area contributed by atoms with E-state index in [4.69, 9.17) is 20.8 Å². The predicted octanol–water partition coefficient (Wildman–Crippen LogP) is 3.03. The fraction of sp³-hybridized carbons (Fsp3) is 0.462. The molecule has 2 aromatic rings. The first-order valence-electron chi connectivity index (χ1n) is 5.75. The smallest absolute Gasteiger partial charge is 0.192 e. The third kappa shape index (κ3) is 1.74. The molecule has 1 aromatic heterocycles. The third-order valence-electron chi connectivity index (χ3n) is 3.44. The summed E-state index contributed by atoms with van der Waals surface area (Å²) in [7, 11) is 0. The molecule has 3 nitrogen and oxygen atoms in total. The van der Waals surface area contributed by atoms with Crippen LogP contribution in [-0.2, 0) is 10.2 Å². The molecule has 3 rings (SSSR count). The van der Waals surface area contributed by atoms with Gasteiger partial charge in [0.15, 0.2) is 11.5 Å². The van der Waals surface area contributed by atoms with Crippen LogP contribution in [0.15, 0.2) is 22.6 Å². The second kappa shape index (κ2) is 4.00. The van der Waals surface area contributed by atoms with Gasteiger partial charge in [-0.1, -0.05) is 6.07 Å². The Labute approximate surface area is 105 Å². The average molecular weight is 252 g/mol. The van der Waals surface area contributed by atoms with Crippen molar-refractivity contribution >= 4 is 22.7 Å². The lowest BCUT2D eigenvalue weighted by atomic mass is 9.76. The number of nitrogens with zero attached hydrogens (tertiary/aromatic N) is 1.